The summed E-state index contributed by atoms with van der Waals surface area (Å²) in [4.78, 5) is 10.9. The van der Waals surface area contributed by atoms with Gasteiger partial charge in [-0.25, -0.2) is 4.79 Å². The lowest BCUT2D eigenvalue weighted by Gasteiger charge is -2.05. The molecule has 0 saturated heterocycles. The Bertz CT molecular complexity index is 533. The Balaban J connectivity index is 2.30. The van der Waals surface area contributed by atoms with Crippen molar-refractivity contribution in [2.24, 2.45) is 0 Å². The maximum absolute atomic E-state index is 10.9. The van der Waals surface area contributed by atoms with Gasteiger partial charge in [0.2, 0.25) is 0 Å². The molecular formula is C13H15NO2S. The third-order valence-electron chi connectivity index (χ3n) is 2.70. The summed E-state index contributed by atoms with van der Waals surface area (Å²) in [5.74, 6) is 1.29. The maximum Gasteiger partial charge on any atom is 0.335 e. The number of hydrogen-bond donors (Lipinski definition) is 1. The van der Waals surface area contributed by atoms with E-state index in [0.717, 1.165) is 29.0 Å². The first-order valence-corrected chi connectivity index (χ1v) is 6.77. The largest absolute Gasteiger partial charge is 0.478 e. The van der Waals surface area contributed by atoms with Crippen molar-refractivity contribution >= 4 is 28.6 Å². The first-order valence-electron chi connectivity index (χ1n) is 5.62. The summed E-state index contributed by atoms with van der Waals surface area (Å²) in [7, 11) is 0. The second kappa shape index (κ2) is 5.27. The third kappa shape index (κ3) is 2.64. The second-order valence-electron chi connectivity index (χ2n) is 3.78. The van der Waals surface area contributed by atoms with Crippen LogP contribution in [0.1, 0.15) is 17.3 Å². The number of carbonyl (C=O) groups is 1. The lowest BCUT2D eigenvalue weighted by Crippen LogP contribution is -2.00. The molecule has 0 saturated carbocycles. The van der Waals surface area contributed by atoms with Gasteiger partial charge in [0.25, 0.3) is 0 Å². The number of carboxylic acids is 1. The van der Waals surface area contributed by atoms with E-state index in [0.29, 0.717) is 5.56 Å². The van der Waals surface area contributed by atoms with E-state index >= 15 is 0 Å². The van der Waals surface area contributed by atoms with Crippen molar-refractivity contribution in [2.45, 2.75) is 13.5 Å². The van der Waals surface area contributed by atoms with Crippen molar-refractivity contribution in [3.05, 3.63) is 36.0 Å². The summed E-state index contributed by atoms with van der Waals surface area (Å²) < 4.78 is 2.12. The van der Waals surface area contributed by atoms with Crippen LogP contribution in [0.25, 0.3) is 10.9 Å². The van der Waals surface area contributed by atoms with Gasteiger partial charge in [0.15, 0.2) is 0 Å². The topological polar surface area (TPSA) is 42.2 Å². The highest BCUT2D eigenvalue weighted by atomic mass is 32.2. The van der Waals surface area contributed by atoms with Gasteiger partial charge >= 0.3 is 5.97 Å². The molecule has 90 valence electrons. The predicted octanol–water partition coefficient (Wildman–Crippen LogP) is 3.09. The lowest BCUT2D eigenvalue weighted by molar-refractivity contribution is 0.0697. The quantitative estimate of drug-likeness (QED) is 0.828. The molecule has 0 atom stereocenters. The van der Waals surface area contributed by atoms with Gasteiger partial charge in [0.05, 0.1) is 5.56 Å². The van der Waals surface area contributed by atoms with Gasteiger partial charge in [-0.3, -0.25) is 0 Å². The fourth-order valence-corrected chi connectivity index (χ4v) is 2.43. The van der Waals surface area contributed by atoms with Crippen LogP contribution < -0.4 is 0 Å². The molecule has 2 rings (SSSR count). The number of thioether (sulfide) groups is 1. The van der Waals surface area contributed by atoms with Gasteiger partial charge in [-0.1, -0.05) is 13.0 Å². The van der Waals surface area contributed by atoms with Crippen LogP contribution in [0.15, 0.2) is 30.5 Å². The van der Waals surface area contributed by atoms with Crippen LogP contribution in [-0.2, 0) is 6.54 Å². The highest BCUT2D eigenvalue weighted by molar-refractivity contribution is 7.99. The Kier molecular flexibility index (Phi) is 3.74. The first kappa shape index (κ1) is 12.0. The highest BCUT2D eigenvalue weighted by Gasteiger charge is 2.06. The molecule has 0 unspecified atom stereocenters. The first-order chi connectivity index (χ1) is 8.22. The number of fused-ring (bicyclic) bond motifs is 1. The Morgan fingerprint density at radius 1 is 1.41 bits per heavy atom. The van der Waals surface area contributed by atoms with Crippen molar-refractivity contribution in [2.75, 3.05) is 11.5 Å². The molecule has 17 heavy (non-hydrogen) atoms. The molecule has 0 fully saturated rings. The average Bonchev–Trinajstić information content (AvgIpc) is 2.72. The van der Waals surface area contributed by atoms with E-state index in [-0.39, 0.29) is 0 Å². The number of aryl methyl sites for hydroxylation is 1. The van der Waals surface area contributed by atoms with Gasteiger partial charge in [0, 0.05) is 24.0 Å². The van der Waals surface area contributed by atoms with Crippen molar-refractivity contribution < 1.29 is 9.90 Å². The van der Waals surface area contributed by atoms with E-state index in [4.69, 9.17) is 5.11 Å². The standard InChI is InChI=1S/C13H15NO2S/c1-2-17-8-7-14-6-5-10-3-4-11(13(15)16)9-12(10)14/h3-6,9H,2,7-8H2,1H3,(H,15,16). The molecule has 0 aliphatic carbocycles. The smallest absolute Gasteiger partial charge is 0.335 e. The zero-order valence-corrected chi connectivity index (χ0v) is 10.5. The minimum absolute atomic E-state index is 0.348. The van der Waals surface area contributed by atoms with Crippen LogP contribution in [0.5, 0.6) is 0 Å². The van der Waals surface area contributed by atoms with E-state index in [9.17, 15) is 4.79 Å². The molecular weight excluding hydrogens is 234 g/mol. The number of aromatic carboxylic acids is 1. The Morgan fingerprint density at radius 2 is 2.24 bits per heavy atom. The molecule has 2 aromatic rings. The minimum Gasteiger partial charge on any atom is -0.478 e. The second-order valence-corrected chi connectivity index (χ2v) is 5.18. The lowest BCUT2D eigenvalue weighted by atomic mass is 10.2. The van der Waals surface area contributed by atoms with Crippen LogP contribution in [0.2, 0.25) is 0 Å². The van der Waals surface area contributed by atoms with E-state index in [2.05, 4.69) is 11.5 Å². The predicted molar refractivity (Wildman–Crippen MR) is 71.9 cm³/mol. The molecule has 0 aliphatic heterocycles. The molecule has 1 N–H and O–H groups in total. The fourth-order valence-electron chi connectivity index (χ4n) is 1.82. The number of aromatic nitrogens is 1. The highest BCUT2D eigenvalue weighted by Crippen LogP contribution is 2.18. The SMILES string of the molecule is CCSCCn1ccc2ccc(C(=O)O)cc21. The maximum atomic E-state index is 10.9. The van der Waals surface area contributed by atoms with Crippen LogP contribution in [0.4, 0.5) is 0 Å². The van der Waals surface area contributed by atoms with E-state index < -0.39 is 5.97 Å². The molecule has 0 radical (unpaired) electrons. The molecule has 0 bridgehead atoms. The van der Waals surface area contributed by atoms with E-state index in [1.54, 1.807) is 12.1 Å². The van der Waals surface area contributed by atoms with Crippen LogP contribution in [-0.4, -0.2) is 27.1 Å². The van der Waals surface area contributed by atoms with Gasteiger partial charge in [-0.15, -0.1) is 0 Å². The van der Waals surface area contributed by atoms with Gasteiger partial charge < -0.3 is 9.67 Å². The number of rotatable bonds is 5. The van der Waals surface area contributed by atoms with Crippen LogP contribution in [0, 0.1) is 0 Å². The Morgan fingerprint density at radius 3 is 2.94 bits per heavy atom. The monoisotopic (exact) mass is 249 g/mol. The van der Waals surface area contributed by atoms with Crippen molar-refractivity contribution in [1.82, 2.24) is 4.57 Å². The van der Waals surface area contributed by atoms with Crippen LogP contribution >= 0.6 is 11.8 Å². The van der Waals surface area contributed by atoms with Gasteiger partial charge in [-0.05, 0) is 29.3 Å². The number of hydrogen-bond acceptors (Lipinski definition) is 2. The summed E-state index contributed by atoms with van der Waals surface area (Å²) in [6, 6.07) is 7.28. The number of benzene rings is 1. The average molecular weight is 249 g/mol. The normalized spacial score (nSPS) is 10.9. The van der Waals surface area contributed by atoms with Crippen molar-refractivity contribution in [3.8, 4) is 0 Å². The summed E-state index contributed by atoms with van der Waals surface area (Å²) in [6.07, 6.45) is 2.02. The molecule has 1 aromatic heterocycles. The minimum atomic E-state index is -0.873. The Hall–Kier alpha value is -1.42. The molecule has 0 spiro atoms. The molecule has 1 heterocycles. The molecule has 1 aromatic carbocycles. The molecule has 0 amide bonds. The van der Waals surface area contributed by atoms with Gasteiger partial charge in [0.1, 0.15) is 0 Å². The van der Waals surface area contributed by atoms with Crippen molar-refractivity contribution in [1.29, 1.82) is 0 Å². The summed E-state index contributed by atoms with van der Waals surface area (Å²) >= 11 is 1.89. The zero-order chi connectivity index (χ0) is 12.3. The summed E-state index contributed by atoms with van der Waals surface area (Å²) in [6.45, 7) is 3.06. The van der Waals surface area contributed by atoms with E-state index in [1.165, 1.54) is 0 Å². The number of nitrogens with zero attached hydrogens (tertiary/aromatic N) is 1. The third-order valence-corrected chi connectivity index (χ3v) is 3.58. The molecule has 3 nitrogen and oxygen atoms in total. The molecule has 0 aliphatic rings. The summed E-state index contributed by atoms with van der Waals surface area (Å²) in [5, 5.41) is 10.1. The zero-order valence-electron chi connectivity index (χ0n) is 9.72. The van der Waals surface area contributed by atoms with E-state index in [1.807, 2.05) is 30.1 Å². The van der Waals surface area contributed by atoms with Crippen molar-refractivity contribution in [3.63, 3.8) is 0 Å². The Labute approximate surface area is 104 Å². The van der Waals surface area contributed by atoms with Crippen LogP contribution in [0.3, 0.4) is 0 Å². The fraction of sp³-hybridized carbons (Fsp3) is 0.308. The number of carboxylic acid groups (broad SMARTS) is 1. The molecule has 4 heteroatoms. The van der Waals surface area contributed by atoms with Gasteiger partial charge in [-0.2, -0.15) is 11.8 Å². The summed E-state index contributed by atoms with van der Waals surface area (Å²) in [5.41, 5.74) is 1.35.